The van der Waals surface area contributed by atoms with Gasteiger partial charge in [0, 0.05) is 6.04 Å². The average Bonchev–Trinajstić information content (AvgIpc) is 2.32. The Morgan fingerprint density at radius 2 is 1.95 bits per heavy atom. The lowest BCUT2D eigenvalue weighted by molar-refractivity contribution is -0.119. The number of halogens is 2. The molecule has 0 bridgehead atoms. The van der Waals surface area contributed by atoms with Crippen molar-refractivity contribution in [2.75, 3.05) is 5.75 Å². The molecule has 0 saturated heterocycles. The van der Waals surface area contributed by atoms with Gasteiger partial charge in [-0.05, 0) is 31.0 Å². The van der Waals surface area contributed by atoms with E-state index in [9.17, 15) is 13.2 Å². The van der Waals surface area contributed by atoms with Crippen molar-refractivity contribution in [3.63, 3.8) is 0 Å². The molecule has 1 unspecified atom stereocenters. The van der Waals surface area contributed by atoms with Crippen molar-refractivity contribution < 1.29 is 13.2 Å². The summed E-state index contributed by atoms with van der Waals surface area (Å²) in [5, 5.41) is 3.28. The number of hydrogen-bond donors (Lipinski definition) is 1. The summed E-state index contributed by atoms with van der Waals surface area (Å²) >= 11 is 11.6. The van der Waals surface area contributed by atoms with Crippen LogP contribution in [0.25, 0.3) is 0 Å². The average molecular weight is 338 g/mol. The highest BCUT2D eigenvalue weighted by atomic mass is 35.5. The molecule has 4 nitrogen and oxygen atoms in total. The first-order chi connectivity index (χ1) is 9.23. The monoisotopic (exact) mass is 337 g/mol. The Kier molecular flexibility index (Phi) is 6.30. The fraction of sp³-hybridized carbons (Fsp3) is 0.462. The fourth-order valence-corrected chi connectivity index (χ4v) is 3.15. The number of rotatable bonds is 6. The van der Waals surface area contributed by atoms with Crippen molar-refractivity contribution in [2.24, 2.45) is 0 Å². The molecule has 0 aromatic heterocycles. The minimum Gasteiger partial charge on any atom is -0.353 e. The number of sulfone groups is 1. The number of hydrogen-bond acceptors (Lipinski definition) is 3. The van der Waals surface area contributed by atoms with Crippen LogP contribution in [-0.2, 0) is 20.4 Å². The molecule has 0 spiro atoms. The molecule has 0 aliphatic heterocycles. The van der Waals surface area contributed by atoms with Gasteiger partial charge in [-0.25, -0.2) is 8.42 Å². The van der Waals surface area contributed by atoms with E-state index in [1.54, 1.807) is 6.07 Å². The summed E-state index contributed by atoms with van der Waals surface area (Å²) in [7, 11) is -3.53. The molecule has 0 aliphatic carbocycles. The van der Waals surface area contributed by atoms with E-state index < -0.39 is 21.5 Å². The maximum absolute atomic E-state index is 11.9. The predicted octanol–water partition coefficient (Wildman–Crippen LogP) is 2.82. The van der Waals surface area contributed by atoms with Crippen LogP contribution in [0.5, 0.6) is 0 Å². The molecule has 1 rings (SSSR count). The first-order valence-corrected chi connectivity index (χ1v) is 8.75. The van der Waals surface area contributed by atoms with Crippen molar-refractivity contribution in [3.05, 3.63) is 33.8 Å². The Morgan fingerprint density at radius 1 is 1.30 bits per heavy atom. The maximum Gasteiger partial charge on any atom is 0.235 e. The molecule has 1 amide bonds. The highest BCUT2D eigenvalue weighted by Gasteiger charge is 2.18. The summed E-state index contributed by atoms with van der Waals surface area (Å²) in [6.45, 7) is 3.73. The largest absolute Gasteiger partial charge is 0.353 e. The third-order valence-corrected chi connectivity index (χ3v) is 4.96. The lowest BCUT2D eigenvalue weighted by Gasteiger charge is -2.11. The van der Waals surface area contributed by atoms with Crippen molar-refractivity contribution in [2.45, 2.75) is 32.1 Å². The predicted molar refractivity (Wildman–Crippen MR) is 81.8 cm³/mol. The molecule has 1 aromatic carbocycles. The van der Waals surface area contributed by atoms with E-state index in [1.807, 2.05) is 13.8 Å². The summed E-state index contributed by atoms with van der Waals surface area (Å²) < 4.78 is 23.9. The summed E-state index contributed by atoms with van der Waals surface area (Å²) in [6.07, 6.45) is 0.749. The van der Waals surface area contributed by atoms with E-state index in [2.05, 4.69) is 5.32 Å². The van der Waals surface area contributed by atoms with Crippen molar-refractivity contribution in [1.82, 2.24) is 5.32 Å². The summed E-state index contributed by atoms with van der Waals surface area (Å²) in [5.41, 5.74) is 0.510. The maximum atomic E-state index is 11.9. The number of nitrogens with one attached hydrogen (secondary N) is 1. The van der Waals surface area contributed by atoms with E-state index in [4.69, 9.17) is 23.2 Å². The Labute approximate surface area is 129 Å². The van der Waals surface area contributed by atoms with Gasteiger partial charge in [-0.15, -0.1) is 0 Å². The van der Waals surface area contributed by atoms with Crippen LogP contribution in [0.4, 0.5) is 0 Å². The van der Waals surface area contributed by atoms with Gasteiger partial charge in [0.05, 0.1) is 15.8 Å². The van der Waals surface area contributed by atoms with Crippen LogP contribution in [0.1, 0.15) is 25.8 Å². The molecular formula is C13H17Cl2NO3S. The number of benzene rings is 1. The first kappa shape index (κ1) is 17.3. The van der Waals surface area contributed by atoms with Crippen LogP contribution >= 0.6 is 23.2 Å². The van der Waals surface area contributed by atoms with Crippen LogP contribution in [0.3, 0.4) is 0 Å². The zero-order valence-electron chi connectivity index (χ0n) is 11.3. The van der Waals surface area contributed by atoms with E-state index in [-0.39, 0.29) is 11.8 Å². The molecule has 112 valence electrons. The Bertz CT molecular complexity index is 587. The standard InChI is InChI=1S/C13H17Cl2NO3S/c1-3-9(2)16-13(17)8-20(18,19)7-10-4-5-11(14)12(15)6-10/h4-6,9H,3,7-8H2,1-2H3,(H,16,17). The van der Waals surface area contributed by atoms with Crippen LogP contribution in [0, 0.1) is 0 Å². The molecule has 0 saturated carbocycles. The Balaban J connectivity index is 2.70. The zero-order valence-corrected chi connectivity index (χ0v) is 13.6. The third-order valence-electron chi connectivity index (χ3n) is 2.74. The quantitative estimate of drug-likeness (QED) is 0.868. The van der Waals surface area contributed by atoms with Gasteiger partial charge in [0.2, 0.25) is 5.91 Å². The molecule has 20 heavy (non-hydrogen) atoms. The van der Waals surface area contributed by atoms with Gasteiger partial charge in [-0.2, -0.15) is 0 Å². The summed E-state index contributed by atoms with van der Waals surface area (Å²) in [4.78, 5) is 11.6. The molecule has 1 aromatic rings. The second-order valence-corrected chi connectivity index (χ2v) is 7.54. The third kappa shape index (κ3) is 5.69. The SMILES string of the molecule is CCC(C)NC(=O)CS(=O)(=O)Cc1ccc(Cl)c(Cl)c1. The molecule has 0 heterocycles. The topological polar surface area (TPSA) is 63.2 Å². The van der Waals surface area contributed by atoms with Crippen molar-refractivity contribution >= 4 is 38.9 Å². The lowest BCUT2D eigenvalue weighted by Crippen LogP contribution is -2.36. The summed E-state index contributed by atoms with van der Waals surface area (Å²) in [5.74, 6) is -1.26. The van der Waals surface area contributed by atoms with Crippen LogP contribution < -0.4 is 5.32 Å². The number of carbonyl (C=O) groups is 1. The fourth-order valence-electron chi connectivity index (χ4n) is 1.55. The van der Waals surface area contributed by atoms with E-state index in [1.165, 1.54) is 12.1 Å². The normalized spacial score (nSPS) is 13.0. The van der Waals surface area contributed by atoms with Crippen LogP contribution in [-0.4, -0.2) is 26.1 Å². The van der Waals surface area contributed by atoms with Gasteiger partial charge >= 0.3 is 0 Å². The lowest BCUT2D eigenvalue weighted by atomic mass is 10.2. The molecule has 0 fully saturated rings. The molecule has 7 heteroatoms. The van der Waals surface area contributed by atoms with Crippen molar-refractivity contribution in [1.29, 1.82) is 0 Å². The number of carbonyl (C=O) groups excluding carboxylic acids is 1. The van der Waals surface area contributed by atoms with Crippen LogP contribution in [0.15, 0.2) is 18.2 Å². The highest BCUT2D eigenvalue weighted by Crippen LogP contribution is 2.23. The molecule has 0 radical (unpaired) electrons. The van der Waals surface area contributed by atoms with Gasteiger partial charge in [-0.3, -0.25) is 4.79 Å². The molecule has 1 N–H and O–H groups in total. The van der Waals surface area contributed by atoms with Gasteiger partial charge in [0.1, 0.15) is 5.75 Å². The minimum atomic E-state index is -3.53. The smallest absolute Gasteiger partial charge is 0.235 e. The Hall–Kier alpha value is -0.780. The van der Waals surface area contributed by atoms with Crippen molar-refractivity contribution in [3.8, 4) is 0 Å². The zero-order chi connectivity index (χ0) is 15.3. The minimum absolute atomic E-state index is 0.0392. The summed E-state index contributed by atoms with van der Waals surface area (Å²) in [6, 6.07) is 4.57. The molecule has 0 aliphatic rings. The van der Waals surface area contributed by atoms with Gasteiger partial charge in [0.25, 0.3) is 0 Å². The van der Waals surface area contributed by atoms with Crippen LogP contribution in [0.2, 0.25) is 10.0 Å². The van der Waals surface area contributed by atoms with Gasteiger partial charge < -0.3 is 5.32 Å². The number of amides is 1. The highest BCUT2D eigenvalue weighted by molar-refractivity contribution is 7.91. The van der Waals surface area contributed by atoms with E-state index in [0.717, 1.165) is 6.42 Å². The van der Waals surface area contributed by atoms with E-state index in [0.29, 0.717) is 15.6 Å². The van der Waals surface area contributed by atoms with E-state index >= 15 is 0 Å². The second kappa shape index (κ2) is 7.29. The molecule has 1 atom stereocenters. The first-order valence-electron chi connectivity index (χ1n) is 6.17. The van der Waals surface area contributed by atoms with Gasteiger partial charge in [-0.1, -0.05) is 36.2 Å². The molecular weight excluding hydrogens is 321 g/mol. The second-order valence-electron chi connectivity index (χ2n) is 4.66. The Morgan fingerprint density at radius 3 is 2.50 bits per heavy atom. The van der Waals surface area contributed by atoms with Gasteiger partial charge in [0.15, 0.2) is 9.84 Å².